The van der Waals surface area contributed by atoms with E-state index in [4.69, 9.17) is 18.9 Å². The Hall–Kier alpha value is -2.09. The van der Waals surface area contributed by atoms with Crippen LogP contribution < -0.4 is 16.0 Å². The lowest BCUT2D eigenvalue weighted by atomic mass is 10.4. The molecule has 10 heteroatoms. The number of aryl methyl sites for hydroxylation is 1. The molecule has 2 aromatic heterocycles. The summed E-state index contributed by atoms with van der Waals surface area (Å²) in [5, 5.41) is 0. The smallest absolute Gasteiger partial charge is 0.362 e. The van der Waals surface area contributed by atoms with Crippen LogP contribution in [0.5, 0.6) is 5.95 Å². The van der Waals surface area contributed by atoms with E-state index in [2.05, 4.69) is 4.98 Å². The van der Waals surface area contributed by atoms with Crippen LogP contribution in [0.4, 0.5) is 0 Å². The lowest BCUT2D eigenvalue weighted by Gasteiger charge is -2.04. The zero-order valence-corrected chi connectivity index (χ0v) is 11.2. The van der Waals surface area contributed by atoms with Crippen LogP contribution in [0.3, 0.4) is 0 Å². The summed E-state index contributed by atoms with van der Waals surface area (Å²) in [5.74, 6) is -0.103. The van der Waals surface area contributed by atoms with Gasteiger partial charge in [-0.05, 0) is 6.92 Å². The van der Waals surface area contributed by atoms with Gasteiger partial charge in [0.1, 0.15) is 0 Å². The number of H-pyrrole nitrogens is 1. The van der Waals surface area contributed by atoms with Crippen molar-refractivity contribution in [3.05, 3.63) is 44.7 Å². The average molecular weight is 302 g/mol. The minimum atomic E-state index is -4.32. The van der Waals surface area contributed by atoms with Gasteiger partial charge in [-0.25, -0.2) is 9.36 Å². The van der Waals surface area contributed by atoms with Gasteiger partial charge in [0, 0.05) is 23.9 Å². The van der Waals surface area contributed by atoms with E-state index in [9.17, 15) is 14.2 Å². The number of aromatic amines is 1. The second kappa shape index (κ2) is 5.12. The first-order valence-corrected chi connectivity index (χ1v) is 7.16. The van der Waals surface area contributed by atoms with Gasteiger partial charge in [0.15, 0.2) is 6.35 Å². The molecule has 0 unspecified atom stereocenters. The summed E-state index contributed by atoms with van der Waals surface area (Å²) in [6, 6.07) is 2.67. The predicted molar refractivity (Wildman–Crippen MR) is 67.2 cm³/mol. The molecule has 0 aliphatic heterocycles. The van der Waals surface area contributed by atoms with Gasteiger partial charge >= 0.3 is 13.3 Å². The maximum absolute atomic E-state index is 11.6. The monoisotopic (exact) mass is 302 g/mol. The number of ether oxygens (including phenoxy) is 1. The highest BCUT2D eigenvalue weighted by Gasteiger charge is 2.16. The Balaban J connectivity index is 2.30. The Kier molecular flexibility index (Phi) is 3.67. The third kappa shape index (κ3) is 3.27. The minimum Gasteiger partial charge on any atom is -0.452 e. The van der Waals surface area contributed by atoms with Crippen molar-refractivity contribution in [1.82, 2.24) is 9.55 Å². The molecule has 9 nitrogen and oxygen atoms in total. The first kappa shape index (κ1) is 14.3. The van der Waals surface area contributed by atoms with Crippen molar-refractivity contribution in [2.45, 2.75) is 6.92 Å². The molecule has 0 saturated carbocycles. The van der Waals surface area contributed by atoms with E-state index in [0.29, 0.717) is 5.56 Å². The van der Waals surface area contributed by atoms with Gasteiger partial charge in [0.25, 0.3) is 11.5 Å². The topological polar surface area (TPSA) is 135 Å². The first-order valence-electron chi connectivity index (χ1n) is 5.36. The van der Waals surface area contributed by atoms with E-state index in [1.807, 2.05) is 0 Å². The molecule has 0 spiro atoms. The number of furan rings is 1. The van der Waals surface area contributed by atoms with E-state index in [1.54, 1.807) is 0 Å². The largest absolute Gasteiger partial charge is 0.452 e. The molecule has 0 aliphatic rings. The zero-order chi connectivity index (χ0) is 14.9. The van der Waals surface area contributed by atoms with E-state index >= 15 is 0 Å². The highest BCUT2D eigenvalue weighted by Crippen LogP contribution is 2.34. The summed E-state index contributed by atoms with van der Waals surface area (Å²) >= 11 is 0. The van der Waals surface area contributed by atoms with Gasteiger partial charge in [-0.3, -0.25) is 14.3 Å². The van der Waals surface area contributed by atoms with Gasteiger partial charge in [-0.1, -0.05) is 0 Å². The quantitative estimate of drug-likeness (QED) is 0.673. The molecule has 0 radical (unpaired) electrons. The molecule has 2 aromatic rings. The number of nitrogens with zero attached hydrogens (tertiary/aromatic N) is 1. The Morgan fingerprint density at radius 2 is 2.10 bits per heavy atom. The van der Waals surface area contributed by atoms with E-state index < -0.39 is 25.2 Å². The SMILES string of the molecule is Cc1cn(-c2ccc(OCP(=O)(O)O)o2)c(=O)[nH]c1=O. The van der Waals surface area contributed by atoms with Crippen molar-refractivity contribution >= 4 is 7.60 Å². The van der Waals surface area contributed by atoms with Crippen LogP contribution in [0.15, 0.2) is 32.3 Å². The molecule has 0 atom stereocenters. The van der Waals surface area contributed by atoms with Crippen LogP contribution in [0.1, 0.15) is 5.56 Å². The summed E-state index contributed by atoms with van der Waals surface area (Å²) in [6.45, 7) is 1.52. The molecule has 20 heavy (non-hydrogen) atoms. The molecule has 2 rings (SSSR count). The van der Waals surface area contributed by atoms with Crippen LogP contribution in [-0.4, -0.2) is 25.7 Å². The van der Waals surface area contributed by atoms with Crippen LogP contribution in [-0.2, 0) is 4.57 Å². The first-order chi connectivity index (χ1) is 9.26. The summed E-state index contributed by atoms with van der Waals surface area (Å²) in [7, 11) is -4.32. The van der Waals surface area contributed by atoms with Crippen LogP contribution in [0, 0.1) is 6.92 Å². The zero-order valence-electron chi connectivity index (χ0n) is 10.3. The molecule has 0 aromatic carbocycles. The summed E-state index contributed by atoms with van der Waals surface area (Å²) in [5.41, 5.74) is -0.897. The summed E-state index contributed by atoms with van der Waals surface area (Å²) in [4.78, 5) is 42.3. The molecule has 0 amide bonds. The Labute approximate surface area is 111 Å². The van der Waals surface area contributed by atoms with Crippen LogP contribution >= 0.6 is 7.60 Å². The van der Waals surface area contributed by atoms with Gasteiger partial charge in [0.05, 0.1) is 0 Å². The van der Waals surface area contributed by atoms with Crippen molar-refractivity contribution in [3.8, 4) is 11.8 Å². The second-order valence-electron chi connectivity index (χ2n) is 3.97. The fraction of sp³-hybridized carbons (Fsp3) is 0.200. The molecular weight excluding hydrogens is 291 g/mol. The summed E-state index contributed by atoms with van der Waals surface area (Å²) in [6.07, 6.45) is 0.451. The highest BCUT2D eigenvalue weighted by molar-refractivity contribution is 7.51. The number of nitrogens with one attached hydrogen (secondary N) is 1. The molecule has 0 fully saturated rings. The van der Waals surface area contributed by atoms with Crippen LogP contribution in [0.2, 0.25) is 0 Å². The predicted octanol–water partition coefficient (Wildman–Crippen LogP) is -0.0588. The lowest BCUT2D eigenvalue weighted by molar-refractivity contribution is 0.249. The molecular formula is C10H11N2O7P. The molecule has 2 heterocycles. The molecule has 3 N–H and O–H groups in total. The fourth-order valence-electron chi connectivity index (χ4n) is 1.40. The van der Waals surface area contributed by atoms with Gasteiger partial charge in [-0.2, -0.15) is 0 Å². The maximum atomic E-state index is 11.6. The molecule has 0 aliphatic carbocycles. The normalized spacial score (nSPS) is 11.6. The van der Waals surface area contributed by atoms with Crippen molar-refractivity contribution in [1.29, 1.82) is 0 Å². The number of hydrogen-bond acceptors (Lipinski definition) is 5. The van der Waals surface area contributed by atoms with E-state index in [1.165, 1.54) is 25.3 Å². The molecule has 108 valence electrons. The number of aromatic nitrogens is 2. The standard InChI is InChI=1S/C10H11N2O7P/c1-6-4-12(10(14)11-9(6)13)7-2-3-8(19-7)18-5-20(15,16)17/h2-4H,5H2,1H3,(H,11,13,14)(H2,15,16,17). The van der Waals surface area contributed by atoms with Crippen molar-refractivity contribution in [3.63, 3.8) is 0 Å². The maximum Gasteiger partial charge on any atom is 0.362 e. The van der Waals surface area contributed by atoms with Crippen molar-refractivity contribution in [2.75, 3.05) is 6.35 Å². The average Bonchev–Trinajstić information content (AvgIpc) is 2.79. The van der Waals surface area contributed by atoms with Crippen LogP contribution in [0.25, 0.3) is 5.88 Å². The van der Waals surface area contributed by atoms with Crippen molar-refractivity contribution in [2.24, 2.45) is 0 Å². The third-order valence-electron chi connectivity index (χ3n) is 2.30. The van der Waals surface area contributed by atoms with Gasteiger partial charge in [0.2, 0.25) is 5.88 Å². The second-order valence-corrected chi connectivity index (χ2v) is 5.56. The third-order valence-corrected chi connectivity index (χ3v) is 2.77. The van der Waals surface area contributed by atoms with E-state index in [-0.39, 0.29) is 11.8 Å². The molecule has 0 saturated heterocycles. The number of hydrogen-bond donors (Lipinski definition) is 3. The minimum absolute atomic E-state index is 0.0510. The Bertz CT molecular complexity index is 781. The highest BCUT2D eigenvalue weighted by atomic mass is 31.2. The van der Waals surface area contributed by atoms with Gasteiger partial charge < -0.3 is 18.9 Å². The van der Waals surface area contributed by atoms with Gasteiger partial charge in [-0.15, -0.1) is 0 Å². The number of rotatable bonds is 4. The van der Waals surface area contributed by atoms with Crippen molar-refractivity contribution < 1.29 is 23.5 Å². The Morgan fingerprint density at radius 3 is 2.75 bits per heavy atom. The fourth-order valence-corrected chi connectivity index (χ4v) is 1.69. The summed E-state index contributed by atoms with van der Waals surface area (Å²) < 4.78 is 21.6. The lowest BCUT2D eigenvalue weighted by Crippen LogP contribution is -2.29. The Morgan fingerprint density at radius 1 is 1.40 bits per heavy atom. The molecule has 0 bridgehead atoms. The van der Waals surface area contributed by atoms with E-state index in [0.717, 1.165) is 4.57 Å².